The van der Waals surface area contributed by atoms with E-state index >= 15 is 0 Å². The molecule has 7 nitrogen and oxygen atoms in total. The van der Waals surface area contributed by atoms with Gasteiger partial charge in [-0.25, -0.2) is 13.4 Å². The maximum atomic E-state index is 11.7. The summed E-state index contributed by atoms with van der Waals surface area (Å²) in [5.41, 5.74) is 2.39. The van der Waals surface area contributed by atoms with Crippen LogP contribution in [0.3, 0.4) is 0 Å². The normalized spacial score (nSPS) is 11.7. The minimum Gasteiger partial charge on any atom is -0.491 e. The molecule has 4 rings (SSSR count). The van der Waals surface area contributed by atoms with Crippen LogP contribution in [-0.4, -0.2) is 35.3 Å². The molecule has 8 heteroatoms. The summed E-state index contributed by atoms with van der Waals surface area (Å²) in [5, 5.41) is 4.09. The Labute approximate surface area is 175 Å². The molecular formula is C22H22N4O3S. The van der Waals surface area contributed by atoms with Crippen LogP contribution in [0.5, 0.6) is 5.75 Å². The van der Waals surface area contributed by atoms with Gasteiger partial charge in [-0.15, -0.1) is 0 Å². The third-order valence-corrected chi connectivity index (χ3v) is 5.58. The van der Waals surface area contributed by atoms with Crippen LogP contribution in [0.2, 0.25) is 0 Å². The molecule has 0 bridgehead atoms. The number of benzene rings is 2. The van der Waals surface area contributed by atoms with E-state index in [1.54, 1.807) is 30.5 Å². The van der Waals surface area contributed by atoms with Gasteiger partial charge < -0.3 is 14.6 Å². The van der Waals surface area contributed by atoms with Crippen LogP contribution in [0.25, 0.3) is 16.7 Å². The van der Waals surface area contributed by atoms with Gasteiger partial charge >= 0.3 is 0 Å². The predicted molar refractivity (Wildman–Crippen MR) is 117 cm³/mol. The second-order valence-corrected chi connectivity index (χ2v) is 9.26. The van der Waals surface area contributed by atoms with E-state index in [2.05, 4.69) is 15.3 Å². The third-order valence-electron chi connectivity index (χ3n) is 4.45. The van der Waals surface area contributed by atoms with Gasteiger partial charge in [-0.2, -0.15) is 4.98 Å². The Hall–Kier alpha value is -3.39. The Kier molecular flexibility index (Phi) is 5.17. The number of fused-ring (bicyclic) bond motifs is 1. The molecular weight excluding hydrogens is 400 g/mol. The highest BCUT2D eigenvalue weighted by Gasteiger charge is 2.10. The molecule has 0 aliphatic carbocycles. The molecule has 0 atom stereocenters. The van der Waals surface area contributed by atoms with Crippen molar-refractivity contribution in [2.24, 2.45) is 0 Å². The lowest BCUT2D eigenvalue weighted by molar-refractivity contribution is 0.242. The summed E-state index contributed by atoms with van der Waals surface area (Å²) in [7, 11) is -3.24. The summed E-state index contributed by atoms with van der Waals surface area (Å²) in [5.74, 6) is 1.27. The molecule has 0 spiro atoms. The first-order chi connectivity index (χ1) is 14.3. The van der Waals surface area contributed by atoms with E-state index in [1.807, 2.05) is 54.9 Å². The van der Waals surface area contributed by atoms with Gasteiger partial charge in [-0.1, -0.05) is 0 Å². The lowest BCUT2D eigenvalue weighted by atomic mass is 10.3. The summed E-state index contributed by atoms with van der Waals surface area (Å²) in [6.07, 6.45) is 4.95. The van der Waals surface area contributed by atoms with Gasteiger partial charge in [0, 0.05) is 35.4 Å². The maximum Gasteiger partial charge on any atom is 0.229 e. The highest BCUT2D eigenvalue weighted by atomic mass is 32.2. The van der Waals surface area contributed by atoms with Gasteiger partial charge in [0.1, 0.15) is 11.4 Å². The molecule has 0 unspecified atom stereocenters. The Morgan fingerprint density at radius 1 is 1.00 bits per heavy atom. The van der Waals surface area contributed by atoms with Crippen molar-refractivity contribution < 1.29 is 13.2 Å². The molecule has 4 aromatic rings. The fourth-order valence-electron chi connectivity index (χ4n) is 3.06. The van der Waals surface area contributed by atoms with Crippen molar-refractivity contribution in [3.63, 3.8) is 0 Å². The minimum atomic E-state index is -3.24. The summed E-state index contributed by atoms with van der Waals surface area (Å²) in [6, 6.07) is 16.2. The molecule has 2 aromatic carbocycles. The molecule has 0 fully saturated rings. The molecule has 154 valence electrons. The van der Waals surface area contributed by atoms with Crippen LogP contribution in [0.1, 0.15) is 13.8 Å². The van der Waals surface area contributed by atoms with Crippen LogP contribution in [0.15, 0.2) is 71.9 Å². The highest BCUT2D eigenvalue weighted by Crippen LogP contribution is 2.23. The van der Waals surface area contributed by atoms with Crippen molar-refractivity contribution >= 4 is 32.5 Å². The van der Waals surface area contributed by atoms with Crippen LogP contribution in [0, 0.1) is 0 Å². The Morgan fingerprint density at radius 2 is 1.70 bits per heavy atom. The van der Waals surface area contributed by atoms with E-state index in [-0.39, 0.29) is 11.0 Å². The summed E-state index contributed by atoms with van der Waals surface area (Å²) < 4.78 is 30.9. The maximum absolute atomic E-state index is 11.7. The number of nitrogens with zero attached hydrogens (tertiary/aromatic N) is 3. The zero-order valence-corrected chi connectivity index (χ0v) is 17.7. The van der Waals surface area contributed by atoms with Gasteiger partial charge in [-0.3, -0.25) is 0 Å². The average Bonchev–Trinajstić information content (AvgIpc) is 3.12. The first kappa shape index (κ1) is 19.9. The van der Waals surface area contributed by atoms with Crippen molar-refractivity contribution in [1.29, 1.82) is 0 Å². The van der Waals surface area contributed by atoms with Gasteiger partial charge in [-0.05, 0) is 68.4 Å². The van der Waals surface area contributed by atoms with E-state index in [0.29, 0.717) is 5.95 Å². The van der Waals surface area contributed by atoms with Crippen molar-refractivity contribution in [3.8, 4) is 11.4 Å². The first-order valence-electron chi connectivity index (χ1n) is 9.48. The number of rotatable bonds is 6. The molecule has 0 aliphatic rings. The summed E-state index contributed by atoms with van der Waals surface area (Å²) >= 11 is 0. The van der Waals surface area contributed by atoms with Crippen molar-refractivity contribution in [1.82, 2.24) is 14.5 Å². The molecule has 2 aromatic heterocycles. The number of hydrogen-bond acceptors (Lipinski definition) is 6. The minimum absolute atomic E-state index is 0.119. The molecule has 0 saturated carbocycles. The molecule has 0 amide bonds. The van der Waals surface area contributed by atoms with E-state index < -0.39 is 9.84 Å². The lowest BCUT2D eigenvalue weighted by Crippen LogP contribution is -2.05. The third kappa shape index (κ3) is 4.28. The van der Waals surface area contributed by atoms with Crippen LogP contribution < -0.4 is 10.1 Å². The largest absolute Gasteiger partial charge is 0.491 e. The van der Waals surface area contributed by atoms with E-state index in [9.17, 15) is 8.42 Å². The Balaban J connectivity index is 1.61. The number of nitrogens with one attached hydrogen (secondary N) is 1. The molecule has 1 N–H and O–H groups in total. The molecule has 0 aliphatic heterocycles. The fraction of sp³-hybridized carbons (Fsp3) is 0.182. The highest BCUT2D eigenvalue weighted by molar-refractivity contribution is 7.90. The first-order valence-corrected chi connectivity index (χ1v) is 11.4. The van der Waals surface area contributed by atoms with Gasteiger partial charge in [0.25, 0.3) is 0 Å². The topological polar surface area (TPSA) is 86.1 Å². The van der Waals surface area contributed by atoms with Crippen molar-refractivity contribution in [2.45, 2.75) is 24.8 Å². The number of ether oxygens (including phenoxy) is 1. The fourth-order valence-corrected chi connectivity index (χ4v) is 3.69. The number of anilines is 2. The van der Waals surface area contributed by atoms with Crippen LogP contribution in [0.4, 0.5) is 11.6 Å². The summed E-state index contributed by atoms with van der Waals surface area (Å²) in [4.78, 5) is 9.30. The van der Waals surface area contributed by atoms with Gasteiger partial charge in [0.2, 0.25) is 5.95 Å². The summed E-state index contributed by atoms with van der Waals surface area (Å²) in [6.45, 7) is 3.97. The van der Waals surface area contributed by atoms with E-state index in [1.165, 1.54) is 6.26 Å². The standard InChI is InChI=1S/C22H22N4O3S/c1-15(2)29-19-8-4-17(5-9-19)24-22-23-14-16-12-13-26(21(16)25-22)18-6-10-20(11-7-18)30(3,27)28/h4-15H,1-3H3,(H,23,24,25). The second-order valence-electron chi connectivity index (χ2n) is 7.24. The van der Waals surface area contributed by atoms with E-state index in [0.717, 1.165) is 28.2 Å². The molecule has 2 heterocycles. The number of hydrogen-bond donors (Lipinski definition) is 1. The van der Waals surface area contributed by atoms with Gasteiger partial charge in [0.15, 0.2) is 9.84 Å². The van der Waals surface area contributed by atoms with E-state index in [4.69, 9.17) is 4.74 Å². The number of sulfone groups is 1. The molecule has 0 saturated heterocycles. The molecule has 0 radical (unpaired) electrons. The predicted octanol–water partition coefficient (Wildman–Crippen LogP) is 4.35. The quantitative estimate of drug-likeness (QED) is 0.497. The smallest absolute Gasteiger partial charge is 0.229 e. The number of aromatic nitrogens is 3. The zero-order valence-electron chi connectivity index (χ0n) is 16.9. The average molecular weight is 423 g/mol. The van der Waals surface area contributed by atoms with Crippen LogP contribution >= 0.6 is 0 Å². The van der Waals surface area contributed by atoms with Crippen molar-refractivity contribution in [3.05, 3.63) is 67.0 Å². The second kappa shape index (κ2) is 7.79. The zero-order chi connectivity index (χ0) is 21.3. The van der Waals surface area contributed by atoms with Gasteiger partial charge in [0.05, 0.1) is 11.0 Å². The van der Waals surface area contributed by atoms with Crippen LogP contribution in [-0.2, 0) is 9.84 Å². The van der Waals surface area contributed by atoms with Crippen molar-refractivity contribution in [2.75, 3.05) is 11.6 Å². The monoisotopic (exact) mass is 422 g/mol. The lowest BCUT2D eigenvalue weighted by Gasteiger charge is -2.11. The molecule has 30 heavy (non-hydrogen) atoms. The Bertz CT molecular complexity index is 1280. The Morgan fingerprint density at radius 3 is 2.33 bits per heavy atom. The SMILES string of the molecule is CC(C)Oc1ccc(Nc2ncc3ccn(-c4ccc(S(C)(=O)=O)cc4)c3n2)cc1.